The van der Waals surface area contributed by atoms with Crippen LogP contribution in [0.1, 0.15) is 20.3 Å². The van der Waals surface area contributed by atoms with Crippen molar-refractivity contribution >= 4 is 21.8 Å². The molecule has 0 fully saturated rings. The Morgan fingerprint density at radius 1 is 1.50 bits per heavy atom. The molecule has 0 aliphatic heterocycles. The summed E-state index contributed by atoms with van der Waals surface area (Å²) in [5.41, 5.74) is 0. The minimum Gasteiger partial charge on any atom is -0.356 e. The van der Waals surface area contributed by atoms with Gasteiger partial charge >= 0.3 is 0 Å². The van der Waals surface area contributed by atoms with Crippen LogP contribution in [0, 0.1) is 5.92 Å². The molecule has 82 valence electrons. The number of halogens is 1. The molecule has 0 aliphatic rings. The van der Waals surface area contributed by atoms with E-state index in [0.717, 1.165) is 11.0 Å². The summed E-state index contributed by atoms with van der Waals surface area (Å²) in [5.74, 6) is 0.612. The van der Waals surface area contributed by atoms with Crippen molar-refractivity contribution in [1.29, 1.82) is 0 Å². The van der Waals surface area contributed by atoms with E-state index in [4.69, 9.17) is 0 Å². The van der Waals surface area contributed by atoms with Crippen molar-refractivity contribution in [2.24, 2.45) is 5.92 Å². The Bertz CT molecular complexity index is 193. The second-order valence-electron chi connectivity index (χ2n) is 3.64. The summed E-state index contributed by atoms with van der Waals surface area (Å²) in [4.78, 5) is 11.2. The zero-order chi connectivity index (χ0) is 11.0. The second-order valence-corrected chi connectivity index (χ2v) is 4.76. The predicted octanol–water partition coefficient (Wildman–Crippen LogP) is 1.65. The van der Waals surface area contributed by atoms with Gasteiger partial charge in [-0.1, -0.05) is 36.4 Å². The molecule has 0 rings (SSSR count). The first-order chi connectivity index (χ1) is 6.52. The number of hydrogen-bond donors (Lipinski definition) is 2. The van der Waals surface area contributed by atoms with Gasteiger partial charge in [0.15, 0.2) is 0 Å². The molecule has 4 heteroatoms. The molecule has 0 aromatic rings. The zero-order valence-corrected chi connectivity index (χ0v) is 10.5. The molecule has 2 N–H and O–H groups in total. The summed E-state index contributed by atoms with van der Waals surface area (Å²) >= 11 is 3.23. The first-order valence-electron chi connectivity index (χ1n) is 4.83. The standard InChI is InChI=1S/C10H19BrN2O/c1-8(2)6-13-10(14)4-5-12-7-9(3)11/h8,12H,3-7H2,1-2H3,(H,13,14). The highest BCUT2D eigenvalue weighted by atomic mass is 79.9. The summed E-state index contributed by atoms with van der Waals surface area (Å²) in [6.07, 6.45) is 0.521. The Hall–Kier alpha value is -0.350. The fourth-order valence-electron chi connectivity index (χ4n) is 0.832. The van der Waals surface area contributed by atoms with E-state index in [0.29, 0.717) is 25.4 Å². The Morgan fingerprint density at radius 3 is 2.64 bits per heavy atom. The maximum absolute atomic E-state index is 11.2. The van der Waals surface area contributed by atoms with Gasteiger partial charge in [-0.15, -0.1) is 0 Å². The SMILES string of the molecule is C=C(Br)CNCCC(=O)NCC(C)C. The lowest BCUT2D eigenvalue weighted by Gasteiger charge is -2.07. The van der Waals surface area contributed by atoms with E-state index >= 15 is 0 Å². The molecule has 0 aromatic heterocycles. The van der Waals surface area contributed by atoms with Crippen LogP contribution < -0.4 is 10.6 Å². The zero-order valence-electron chi connectivity index (χ0n) is 8.90. The molecule has 1 amide bonds. The van der Waals surface area contributed by atoms with Crippen molar-refractivity contribution < 1.29 is 4.79 Å². The van der Waals surface area contributed by atoms with Gasteiger partial charge in [0, 0.05) is 30.5 Å². The predicted molar refractivity (Wildman–Crippen MR) is 63.4 cm³/mol. The first-order valence-corrected chi connectivity index (χ1v) is 5.62. The van der Waals surface area contributed by atoms with Crippen molar-refractivity contribution in [3.05, 3.63) is 11.1 Å². The van der Waals surface area contributed by atoms with Crippen molar-refractivity contribution in [3.63, 3.8) is 0 Å². The first kappa shape index (κ1) is 13.7. The molecule has 0 aliphatic carbocycles. The number of rotatable bonds is 7. The lowest BCUT2D eigenvalue weighted by molar-refractivity contribution is -0.121. The van der Waals surface area contributed by atoms with Gasteiger partial charge in [-0.25, -0.2) is 0 Å². The highest BCUT2D eigenvalue weighted by Crippen LogP contribution is 1.96. The molecule has 0 spiro atoms. The van der Waals surface area contributed by atoms with Crippen LogP contribution in [-0.4, -0.2) is 25.5 Å². The van der Waals surface area contributed by atoms with Gasteiger partial charge < -0.3 is 10.6 Å². The largest absolute Gasteiger partial charge is 0.356 e. The third-order valence-electron chi connectivity index (χ3n) is 1.55. The molecule has 14 heavy (non-hydrogen) atoms. The summed E-state index contributed by atoms with van der Waals surface area (Å²) in [5, 5.41) is 5.95. The fourth-order valence-corrected chi connectivity index (χ4v) is 1.03. The van der Waals surface area contributed by atoms with Crippen LogP contribution in [0.5, 0.6) is 0 Å². The van der Waals surface area contributed by atoms with E-state index in [9.17, 15) is 4.79 Å². The molecule has 0 bridgehead atoms. The maximum atomic E-state index is 11.2. The molecule has 0 heterocycles. The summed E-state index contributed by atoms with van der Waals surface area (Å²) in [7, 11) is 0. The Morgan fingerprint density at radius 2 is 2.14 bits per heavy atom. The molecular formula is C10H19BrN2O. The maximum Gasteiger partial charge on any atom is 0.221 e. The van der Waals surface area contributed by atoms with Crippen LogP contribution in [0.15, 0.2) is 11.1 Å². The molecule has 0 aromatic carbocycles. The van der Waals surface area contributed by atoms with Crippen molar-refractivity contribution in [3.8, 4) is 0 Å². The Labute approximate surface area is 94.5 Å². The lowest BCUT2D eigenvalue weighted by atomic mass is 10.2. The van der Waals surface area contributed by atoms with Crippen molar-refractivity contribution in [2.45, 2.75) is 20.3 Å². The van der Waals surface area contributed by atoms with Gasteiger partial charge in [-0.05, 0) is 5.92 Å². The fraction of sp³-hybridized carbons (Fsp3) is 0.700. The lowest BCUT2D eigenvalue weighted by Crippen LogP contribution is -2.30. The van der Waals surface area contributed by atoms with Gasteiger partial charge in [-0.2, -0.15) is 0 Å². The van der Waals surface area contributed by atoms with Crippen molar-refractivity contribution in [1.82, 2.24) is 10.6 Å². The van der Waals surface area contributed by atoms with Crippen LogP contribution in [-0.2, 0) is 4.79 Å². The van der Waals surface area contributed by atoms with Gasteiger partial charge in [0.2, 0.25) is 5.91 Å². The van der Waals surface area contributed by atoms with E-state index in [1.54, 1.807) is 0 Å². The van der Waals surface area contributed by atoms with Crippen molar-refractivity contribution in [2.75, 3.05) is 19.6 Å². The molecule has 0 radical (unpaired) electrons. The molecule has 0 unspecified atom stereocenters. The van der Waals surface area contributed by atoms with Gasteiger partial charge in [0.25, 0.3) is 0 Å². The Balaban J connectivity index is 3.31. The van der Waals surface area contributed by atoms with E-state index in [1.807, 2.05) is 0 Å². The van der Waals surface area contributed by atoms with E-state index in [-0.39, 0.29) is 5.91 Å². The van der Waals surface area contributed by atoms with E-state index in [2.05, 4.69) is 47.0 Å². The molecular weight excluding hydrogens is 244 g/mol. The molecule has 0 saturated heterocycles. The van der Waals surface area contributed by atoms with Crippen LogP contribution in [0.2, 0.25) is 0 Å². The second kappa shape index (κ2) is 8.00. The number of carbonyl (C=O) groups excluding carboxylic acids is 1. The summed E-state index contributed by atoms with van der Waals surface area (Å²) < 4.78 is 0.903. The third-order valence-corrected chi connectivity index (χ3v) is 1.83. The number of amides is 1. The number of nitrogens with one attached hydrogen (secondary N) is 2. The van der Waals surface area contributed by atoms with Crippen LogP contribution in [0.25, 0.3) is 0 Å². The summed E-state index contributed by atoms with van der Waals surface area (Å²) in [6, 6.07) is 0. The summed E-state index contributed by atoms with van der Waals surface area (Å²) in [6.45, 7) is 9.99. The molecule has 3 nitrogen and oxygen atoms in total. The van der Waals surface area contributed by atoms with E-state index < -0.39 is 0 Å². The number of hydrogen-bond acceptors (Lipinski definition) is 2. The Kier molecular flexibility index (Phi) is 7.80. The molecule has 0 saturated carbocycles. The van der Waals surface area contributed by atoms with Gasteiger partial charge in [0.05, 0.1) is 0 Å². The average Bonchev–Trinajstić information content (AvgIpc) is 2.08. The third kappa shape index (κ3) is 9.74. The topological polar surface area (TPSA) is 41.1 Å². The highest BCUT2D eigenvalue weighted by Gasteiger charge is 2.01. The quantitative estimate of drug-likeness (QED) is 0.686. The normalized spacial score (nSPS) is 10.3. The average molecular weight is 263 g/mol. The highest BCUT2D eigenvalue weighted by molar-refractivity contribution is 9.11. The monoisotopic (exact) mass is 262 g/mol. The van der Waals surface area contributed by atoms with E-state index in [1.165, 1.54) is 0 Å². The number of carbonyl (C=O) groups is 1. The van der Waals surface area contributed by atoms with Gasteiger partial charge in [-0.3, -0.25) is 4.79 Å². The smallest absolute Gasteiger partial charge is 0.221 e. The molecule has 0 atom stereocenters. The van der Waals surface area contributed by atoms with Crippen LogP contribution >= 0.6 is 15.9 Å². The van der Waals surface area contributed by atoms with Gasteiger partial charge in [0.1, 0.15) is 0 Å². The van der Waals surface area contributed by atoms with Crippen LogP contribution in [0.4, 0.5) is 0 Å². The minimum absolute atomic E-state index is 0.103. The minimum atomic E-state index is 0.103. The van der Waals surface area contributed by atoms with Crippen LogP contribution in [0.3, 0.4) is 0 Å².